The number of halogens is 1. The zero-order valence-corrected chi connectivity index (χ0v) is 18.3. The molecule has 160 valence electrons. The first kappa shape index (κ1) is 22.4. The molecule has 0 aliphatic rings. The van der Waals surface area contributed by atoms with Crippen molar-refractivity contribution in [1.82, 2.24) is 0 Å². The summed E-state index contributed by atoms with van der Waals surface area (Å²) in [5.41, 5.74) is 3.17. The van der Waals surface area contributed by atoms with Gasteiger partial charge in [-0.05, 0) is 54.8 Å². The second-order valence-corrected chi connectivity index (χ2v) is 7.54. The van der Waals surface area contributed by atoms with Crippen molar-refractivity contribution in [2.45, 2.75) is 32.8 Å². The van der Waals surface area contributed by atoms with Crippen LogP contribution in [0, 0.1) is 0 Å². The van der Waals surface area contributed by atoms with Crippen LogP contribution < -0.4 is 15.4 Å². The molecule has 0 aliphatic carbocycles. The summed E-state index contributed by atoms with van der Waals surface area (Å²) in [5, 5.41) is 5.93. The van der Waals surface area contributed by atoms with Crippen molar-refractivity contribution in [3.8, 4) is 16.9 Å². The zero-order chi connectivity index (χ0) is 22.2. The molecule has 3 aromatic rings. The third-order valence-electron chi connectivity index (χ3n) is 4.63. The third-order valence-corrected chi connectivity index (χ3v) is 4.96. The predicted octanol–water partition coefficient (Wildman–Crippen LogP) is 6.15. The van der Waals surface area contributed by atoms with Crippen LogP contribution in [0.1, 0.15) is 26.7 Å². The van der Waals surface area contributed by atoms with Crippen molar-refractivity contribution < 1.29 is 14.3 Å². The highest BCUT2D eigenvalue weighted by atomic mass is 35.5. The normalized spacial score (nSPS) is 11.5. The van der Waals surface area contributed by atoms with Crippen LogP contribution in [0.4, 0.5) is 11.4 Å². The summed E-state index contributed by atoms with van der Waals surface area (Å²) in [7, 11) is 0. The van der Waals surface area contributed by atoms with E-state index < -0.39 is 6.10 Å². The monoisotopic (exact) mass is 436 g/mol. The molecule has 0 bridgehead atoms. The van der Waals surface area contributed by atoms with Crippen LogP contribution in [0.5, 0.6) is 5.75 Å². The third kappa shape index (κ3) is 6.33. The number of hydrogen-bond acceptors (Lipinski definition) is 3. The van der Waals surface area contributed by atoms with Crippen LogP contribution >= 0.6 is 11.6 Å². The standard InChI is InChI=1S/C25H25ClN2O3/c1-3-7-24(29)27-20-12-15-22(26)23(16-20)28-25(30)17(2)31-21-13-10-19(11-14-21)18-8-5-4-6-9-18/h4-6,8-17H,3,7H2,1-2H3,(H,27,29)(H,28,30). The molecule has 3 aromatic carbocycles. The number of carbonyl (C=O) groups excluding carboxylic acids is 2. The molecular formula is C25H25ClN2O3. The van der Waals surface area contributed by atoms with Gasteiger partial charge in [0.25, 0.3) is 5.91 Å². The van der Waals surface area contributed by atoms with Crippen molar-refractivity contribution in [1.29, 1.82) is 0 Å². The summed E-state index contributed by atoms with van der Waals surface area (Å²) in [6.45, 7) is 3.60. The van der Waals surface area contributed by atoms with E-state index in [9.17, 15) is 9.59 Å². The minimum absolute atomic E-state index is 0.0854. The molecule has 0 spiro atoms. The van der Waals surface area contributed by atoms with Crippen LogP contribution in [-0.4, -0.2) is 17.9 Å². The summed E-state index contributed by atoms with van der Waals surface area (Å²) < 4.78 is 5.78. The van der Waals surface area contributed by atoms with Gasteiger partial charge in [-0.25, -0.2) is 0 Å². The van der Waals surface area contributed by atoms with Crippen molar-refractivity contribution in [3.05, 3.63) is 77.8 Å². The van der Waals surface area contributed by atoms with Crippen molar-refractivity contribution in [3.63, 3.8) is 0 Å². The first-order valence-corrected chi connectivity index (χ1v) is 10.6. The first-order valence-electron chi connectivity index (χ1n) is 10.2. The van der Waals surface area contributed by atoms with Crippen LogP contribution in [0.2, 0.25) is 5.02 Å². The Morgan fingerprint density at radius 1 is 0.935 bits per heavy atom. The van der Waals surface area contributed by atoms with Gasteiger partial charge in [-0.2, -0.15) is 0 Å². The summed E-state index contributed by atoms with van der Waals surface area (Å²) in [4.78, 5) is 24.4. The second-order valence-electron chi connectivity index (χ2n) is 7.13. The second kappa shape index (κ2) is 10.6. The van der Waals surface area contributed by atoms with Gasteiger partial charge in [0.1, 0.15) is 5.75 Å². The number of hydrogen-bond donors (Lipinski definition) is 2. The Bertz CT molecular complexity index is 1040. The van der Waals surface area contributed by atoms with Gasteiger partial charge in [0.15, 0.2) is 6.10 Å². The fourth-order valence-electron chi connectivity index (χ4n) is 3.00. The number of anilines is 2. The van der Waals surface area contributed by atoms with E-state index in [1.165, 1.54) is 0 Å². The molecule has 5 nitrogen and oxygen atoms in total. The topological polar surface area (TPSA) is 67.4 Å². The van der Waals surface area contributed by atoms with Gasteiger partial charge < -0.3 is 15.4 Å². The molecule has 0 heterocycles. The largest absolute Gasteiger partial charge is 0.481 e. The molecule has 0 aromatic heterocycles. The molecule has 0 fully saturated rings. The van der Waals surface area contributed by atoms with E-state index in [4.69, 9.17) is 16.3 Å². The Morgan fingerprint density at radius 2 is 1.61 bits per heavy atom. The summed E-state index contributed by atoms with van der Waals surface area (Å²) in [6, 6.07) is 22.6. The molecule has 1 unspecified atom stereocenters. The quantitative estimate of drug-likeness (QED) is 0.445. The molecule has 31 heavy (non-hydrogen) atoms. The first-order chi connectivity index (χ1) is 15.0. The Morgan fingerprint density at radius 3 is 2.29 bits per heavy atom. The van der Waals surface area contributed by atoms with Gasteiger partial charge in [0.2, 0.25) is 5.91 Å². The van der Waals surface area contributed by atoms with E-state index in [0.29, 0.717) is 28.6 Å². The van der Waals surface area contributed by atoms with E-state index in [0.717, 1.165) is 17.5 Å². The number of ether oxygens (including phenoxy) is 1. The van der Waals surface area contributed by atoms with Gasteiger partial charge in [-0.15, -0.1) is 0 Å². The Labute approximate surface area is 187 Å². The van der Waals surface area contributed by atoms with Gasteiger partial charge in [0, 0.05) is 12.1 Å². The maximum absolute atomic E-state index is 12.6. The summed E-state index contributed by atoms with van der Waals surface area (Å²) in [6.07, 6.45) is 0.444. The van der Waals surface area contributed by atoms with Gasteiger partial charge in [-0.1, -0.05) is 61.0 Å². The SMILES string of the molecule is CCCC(=O)Nc1ccc(Cl)c(NC(=O)C(C)Oc2ccc(-c3ccccc3)cc2)c1. The molecular weight excluding hydrogens is 412 g/mol. The van der Waals surface area contributed by atoms with Crippen molar-refractivity contribution >= 4 is 34.8 Å². The van der Waals surface area contributed by atoms with Gasteiger partial charge in [-0.3, -0.25) is 9.59 Å². The van der Waals surface area contributed by atoms with Gasteiger partial charge in [0.05, 0.1) is 10.7 Å². The molecule has 2 N–H and O–H groups in total. The van der Waals surface area contributed by atoms with Crippen LogP contribution in [0.25, 0.3) is 11.1 Å². The highest BCUT2D eigenvalue weighted by Crippen LogP contribution is 2.27. The lowest BCUT2D eigenvalue weighted by atomic mass is 10.1. The number of amides is 2. The number of rotatable bonds is 8. The number of carbonyl (C=O) groups is 2. The van der Waals surface area contributed by atoms with Crippen LogP contribution in [0.15, 0.2) is 72.8 Å². The van der Waals surface area contributed by atoms with Crippen molar-refractivity contribution in [2.75, 3.05) is 10.6 Å². The molecule has 2 amide bonds. The van der Waals surface area contributed by atoms with E-state index >= 15 is 0 Å². The summed E-state index contributed by atoms with van der Waals surface area (Å²) in [5.74, 6) is 0.165. The summed E-state index contributed by atoms with van der Waals surface area (Å²) >= 11 is 6.21. The molecule has 0 aliphatic heterocycles. The maximum atomic E-state index is 12.6. The zero-order valence-electron chi connectivity index (χ0n) is 17.5. The van der Waals surface area contributed by atoms with Crippen LogP contribution in [-0.2, 0) is 9.59 Å². The molecule has 1 atom stereocenters. The fraction of sp³-hybridized carbons (Fsp3) is 0.200. The predicted molar refractivity (Wildman–Crippen MR) is 126 cm³/mol. The molecule has 6 heteroatoms. The van der Waals surface area contributed by atoms with Crippen LogP contribution in [0.3, 0.4) is 0 Å². The van der Waals surface area contributed by atoms with Gasteiger partial charge >= 0.3 is 0 Å². The Hall–Kier alpha value is -3.31. The van der Waals surface area contributed by atoms with E-state index in [1.54, 1.807) is 25.1 Å². The molecule has 0 saturated heterocycles. The number of benzene rings is 3. The lowest BCUT2D eigenvalue weighted by Crippen LogP contribution is -2.30. The lowest BCUT2D eigenvalue weighted by molar-refractivity contribution is -0.122. The molecule has 0 radical (unpaired) electrons. The highest BCUT2D eigenvalue weighted by Gasteiger charge is 2.17. The smallest absolute Gasteiger partial charge is 0.265 e. The molecule has 0 saturated carbocycles. The maximum Gasteiger partial charge on any atom is 0.265 e. The lowest BCUT2D eigenvalue weighted by Gasteiger charge is -2.16. The minimum atomic E-state index is -0.739. The minimum Gasteiger partial charge on any atom is -0.481 e. The Balaban J connectivity index is 1.62. The Kier molecular flexibility index (Phi) is 7.68. The van der Waals surface area contributed by atoms with Crippen molar-refractivity contribution in [2.24, 2.45) is 0 Å². The molecule has 3 rings (SSSR count). The average Bonchev–Trinajstić information content (AvgIpc) is 2.77. The van der Waals surface area contributed by atoms with E-state index in [2.05, 4.69) is 10.6 Å². The highest BCUT2D eigenvalue weighted by molar-refractivity contribution is 6.34. The van der Waals surface area contributed by atoms with E-state index in [-0.39, 0.29) is 11.8 Å². The average molecular weight is 437 g/mol. The fourth-order valence-corrected chi connectivity index (χ4v) is 3.16. The number of nitrogens with one attached hydrogen (secondary N) is 2. The van der Waals surface area contributed by atoms with E-state index in [1.807, 2.05) is 61.5 Å².